The molecule has 0 amide bonds. The molecule has 0 saturated carbocycles. The van der Waals surface area contributed by atoms with Gasteiger partial charge in [-0.05, 0) is 37.5 Å². The van der Waals surface area contributed by atoms with E-state index in [9.17, 15) is 29.7 Å². The summed E-state index contributed by atoms with van der Waals surface area (Å²) < 4.78 is 0. The molecule has 0 aromatic rings. The number of aliphatic carboxylic acids is 3. The molecule has 0 aromatic carbocycles. The van der Waals surface area contributed by atoms with E-state index in [1.54, 1.807) is 0 Å². The summed E-state index contributed by atoms with van der Waals surface area (Å²) in [5.74, 6) is -3.56. The monoisotopic (exact) mass is 282 g/mol. The molecular formula is C12H15AlO6-3. The number of carboxylic acids is 3. The van der Waals surface area contributed by atoms with Crippen LogP contribution in [0.25, 0.3) is 0 Å². The first kappa shape index (κ1) is 25.9. The van der Waals surface area contributed by atoms with E-state index in [0.717, 1.165) is 0 Å². The van der Waals surface area contributed by atoms with E-state index in [1.807, 2.05) is 0 Å². The Kier molecular flexibility index (Phi) is 19.4. The lowest BCUT2D eigenvalue weighted by Crippen LogP contribution is -2.22. The van der Waals surface area contributed by atoms with Crippen molar-refractivity contribution >= 4 is 35.3 Å². The van der Waals surface area contributed by atoms with Crippen molar-refractivity contribution in [2.24, 2.45) is 0 Å². The molecule has 0 heterocycles. The molecule has 0 spiro atoms. The predicted octanol–water partition coefficient (Wildman–Crippen LogP) is -2.44. The van der Waals surface area contributed by atoms with Crippen LogP contribution in [0, 0.1) is 0 Å². The summed E-state index contributed by atoms with van der Waals surface area (Å²) in [6.45, 7) is 13.4. The summed E-state index contributed by atoms with van der Waals surface area (Å²) in [5, 5.41) is 28.5. The van der Waals surface area contributed by atoms with Crippen molar-refractivity contribution in [1.29, 1.82) is 0 Å². The molecule has 0 N–H and O–H groups in total. The second-order valence-corrected chi connectivity index (χ2v) is 3.20. The highest BCUT2D eigenvalue weighted by molar-refractivity contribution is 5.83. The number of hydrogen-bond donors (Lipinski definition) is 0. The second kappa shape index (κ2) is 14.2. The minimum Gasteiger partial charge on any atom is -0.545 e. The Balaban J connectivity index is -0.0000000865. The number of carboxylic acid groups (broad SMARTS) is 3. The zero-order valence-electron chi connectivity index (χ0n) is 11.1. The van der Waals surface area contributed by atoms with Gasteiger partial charge in [0.05, 0.1) is 17.9 Å². The Labute approximate surface area is 122 Å². The SMILES string of the molecule is C=C(C)C(=O)[O-].C=C(C)C(=O)[O-].C=C(C)C(=O)[O-].[Al]. The normalized spacial score (nSPS) is 7.11. The molecule has 0 aliphatic rings. The molecular weight excluding hydrogens is 267 g/mol. The van der Waals surface area contributed by atoms with Gasteiger partial charge in [0.2, 0.25) is 0 Å². The third-order valence-electron chi connectivity index (χ3n) is 1.05. The third-order valence-corrected chi connectivity index (χ3v) is 1.05. The summed E-state index contributed by atoms with van der Waals surface area (Å²) in [6.07, 6.45) is 0. The molecule has 0 unspecified atom stereocenters. The summed E-state index contributed by atoms with van der Waals surface area (Å²) in [6, 6.07) is 0. The van der Waals surface area contributed by atoms with E-state index in [2.05, 4.69) is 19.7 Å². The minimum atomic E-state index is -1.19. The average molecular weight is 282 g/mol. The van der Waals surface area contributed by atoms with Crippen molar-refractivity contribution in [3.63, 3.8) is 0 Å². The maximum Gasteiger partial charge on any atom is 0.0666 e. The molecule has 0 aliphatic heterocycles. The molecule has 7 heteroatoms. The van der Waals surface area contributed by atoms with Gasteiger partial charge in [0, 0.05) is 17.4 Å². The highest BCUT2D eigenvalue weighted by Crippen LogP contribution is 1.78. The van der Waals surface area contributed by atoms with Crippen molar-refractivity contribution in [3.05, 3.63) is 36.5 Å². The van der Waals surface area contributed by atoms with Crippen LogP contribution in [0.2, 0.25) is 0 Å². The zero-order valence-corrected chi connectivity index (χ0v) is 12.3. The fourth-order valence-electron chi connectivity index (χ4n) is 0. The molecule has 0 saturated heterocycles. The molecule has 105 valence electrons. The number of rotatable bonds is 3. The summed E-state index contributed by atoms with van der Waals surface area (Å²) in [4.78, 5) is 28.5. The van der Waals surface area contributed by atoms with Crippen molar-refractivity contribution in [3.8, 4) is 0 Å². The fourth-order valence-corrected chi connectivity index (χ4v) is 0. The molecule has 3 radical (unpaired) electrons. The van der Waals surface area contributed by atoms with E-state index in [-0.39, 0.29) is 34.1 Å². The number of carbonyl (C=O) groups excluding carboxylic acids is 3. The van der Waals surface area contributed by atoms with Gasteiger partial charge in [-0.3, -0.25) is 0 Å². The lowest BCUT2D eigenvalue weighted by Gasteiger charge is -1.93. The third kappa shape index (κ3) is 31.4. The minimum absolute atomic E-state index is 0. The van der Waals surface area contributed by atoms with E-state index in [4.69, 9.17) is 0 Å². The molecule has 0 fully saturated rings. The van der Waals surface area contributed by atoms with Gasteiger partial charge in [0.1, 0.15) is 0 Å². The van der Waals surface area contributed by atoms with Crippen LogP contribution in [-0.2, 0) is 14.4 Å². The van der Waals surface area contributed by atoms with Crippen molar-refractivity contribution in [1.82, 2.24) is 0 Å². The van der Waals surface area contributed by atoms with Gasteiger partial charge in [-0.1, -0.05) is 19.7 Å². The number of hydrogen-bond acceptors (Lipinski definition) is 6. The van der Waals surface area contributed by atoms with Gasteiger partial charge in [0.15, 0.2) is 0 Å². The smallest absolute Gasteiger partial charge is 0.0666 e. The summed E-state index contributed by atoms with van der Waals surface area (Å²) in [7, 11) is 0. The molecule has 19 heavy (non-hydrogen) atoms. The summed E-state index contributed by atoms with van der Waals surface area (Å²) >= 11 is 0. The Morgan fingerprint density at radius 2 is 0.684 bits per heavy atom. The Morgan fingerprint density at radius 1 is 0.632 bits per heavy atom. The van der Waals surface area contributed by atoms with Gasteiger partial charge >= 0.3 is 0 Å². The van der Waals surface area contributed by atoms with Crippen LogP contribution in [0.3, 0.4) is 0 Å². The van der Waals surface area contributed by atoms with Gasteiger partial charge in [-0.15, -0.1) is 0 Å². The van der Waals surface area contributed by atoms with Crippen LogP contribution < -0.4 is 15.3 Å². The number of carbonyl (C=O) groups is 3. The van der Waals surface area contributed by atoms with E-state index in [0.29, 0.717) is 0 Å². The van der Waals surface area contributed by atoms with Crippen molar-refractivity contribution < 1.29 is 29.7 Å². The predicted molar refractivity (Wildman–Crippen MR) is 65.2 cm³/mol. The quantitative estimate of drug-likeness (QED) is 0.418. The highest BCUT2D eigenvalue weighted by atomic mass is 27.0. The lowest BCUT2D eigenvalue weighted by atomic mass is 10.4. The first-order chi connectivity index (χ1) is 7.93. The van der Waals surface area contributed by atoms with Crippen LogP contribution in [0.15, 0.2) is 36.5 Å². The van der Waals surface area contributed by atoms with Crippen molar-refractivity contribution in [2.75, 3.05) is 0 Å². The van der Waals surface area contributed by atoms with Crippen LogP contribution in [-0.4, -0.2) is 35.3 Å². The van der Waals surface area contributed by atoms with Gasteiger partial charge in [0.25, 0.3) is 0 Å². The van der Waals surface area contributed by atoms with Gasteiger partial charge < -0.3 is 29.7 Å². The lowest BCUT2D eigenvalue weighted by molar-refractivity contribution is -0.300. The topological polar surface area (TPSA) is 120 Å². The Bertz CT molecular complexity index is 277. The average Bonchev–Trinajstić information content (AvgIpc) is 2.18. The van der Waals surface area contributed by atoms with Crippen LogP contribution >= 0.6 is 0 Å². The first-order valence-electron chi connectivity index (χ1n) is 4.54. The van der Waals surface area contributed by atoms with E-state index in [1.165, 1.54) is 20.8 Å². The first-order valence-corrected chi connectivity index (χ1v) is 4.54. The zero-order chi connectivity index (χ0) is 15.5. The fraction of sp³-hybridized carbons (Fsp3) is 0.250. The molecule has 6 nitrogen and oxygen atoms in total. The molecule has 0 bridgehead atoms. The second-order valence-electron chi connectivity index (χ2n) is 3.20. The van der Waals surface area contributed by atoms with Crippen LogP contribution in [0.1, 0.15) is 20.8 Å². The highest BCUT2D eigenvalue weighted by Gasteiger charge is 1.77. The van der Waals surface area contributed by atoms with Gasteiger partial charge in [-0.2, -0.15) is 0 Å². The van der Waals surface area contributed by atoms with Crippen LogP contribution in [0.4, 0.5) is 0 Å². The molecule has 0 aromatic heterocycles. The molecule has 0 rings (SSSR count). The maximum absolute atomic E-state index is 9.49. The van der Waals surface area contributed by atoms with Gasteiger partial charge in [-0.25, -0.2) is 0 Å². The Morgan fingerprint density at radius 3 is 0.684 bits per heavy atom. The van der Waals surface area contributed by atoms with Crippen molar-refractivity contribution in [2.45, 2.75) is 20.8 Å². The molecule has 0 atom stereocenters. The largest absolute Gasteiger partial charge is 0.545 e. The molecule has 0 aliphatic carbocycles. The maximum atomic E-state index is 9.49. The van der Waals surface area contributed by atoms with E-state index < -0.39 is 17.9 Å². The van der Waals surface area contributed by atoms with E-state index >= 15 is 0 Å². The Hall–Kier alpha value is -1.84. The summed E-state index contributed by atoms with van der Waals surface area (Å²) in [5.41, 5.74) is 0.194. The van der Waals surface area contributed by atoms with Crippen LogP contribution in [0.5, 0.6) is 0 Å². The standard InChI is InChI=1S/3C4H6O2.Al/c3*1-3(2)4(5)6;/h3*1H2,2H3,(H,5,6);/p-3.